The topological polar surface area (TPSA) is 93.8 Å². The minimum atomic E-state index is -1.25. The third-order valence-corrected chi connectivity index (χ3v) is 2.49. The Morgan fingerprint density at radius 3 is 2.79 bits per heavy atom. The second-order valence-electron chi connectivity index (χ2n) is 3.89. The molecule has 0 aliphatic carbocycles. The number of halogens is 1. The zero-order valence-corrected chi connectivity index (χ0v) is 9.93. The highest BCUT2D eigenvalue weighted by Gasteiger charge is 2.27. The largest absolute Gasteiger partial charge is 0.490 e. The molecule has 0 aromatic heterocycles. The van der Waals surface area contributed by atoms with Crippen molar-refractivity contribution >= 4 is 17.6 Å². The predicted octanol–water partition coefficient (Wildman–Crippen LogP) is -0.0232. The van der Waals surface area contributed by atoms with E-state index in [4.69, 9.17) is 10.5 Å². The van der Waals surface area contributed by atoms with Crippen LogP contribution < -0.4 is 15.8 Å². The predicted molar refractivity (Wildman–Crippen MR) is 65.1 cm³/mol. The number of amides is 2. The number of carbonyl (C=O) groups excluding carboxylic acids is 2. The van der Waals surface area contributed by atoms with Gasteiger partial charge in [-0.25, -0.2) is 4.39 Å². The average molecular weight is 265 g/mol. The van der Waals surface area contributed by atoms with Crippen molar-refractivity contribution in [2.45, 2.75) is 12.5 Å². The first-order valence-corrected chi connectivity index (χ1v) is 5.63. The van der Waals surface area contributed by atoms with Crippen molar-refractivity contribution in [3.05, 3.63) is 30.1 Å². The summed E-state index contributed by atoms with van der Waals surface area (Å²) in [4.78, 5) is 26.1. The Hall–Kier alpha value is -2.28. The van der Waals surface area contributed by atoms with Gasteiger partial charge >= 0.3 is 0 Å². The second kappa shape index (κ2) is 5.57. The van der Waals surface area contributed by atoms with E-state index in [1.165, 1.54) is 12.1 Å². The molecule has 6 nitrogen and oxygen atoms in total. The Kier molecular flexibility index (Phi) is 3.86. The lowest BCUT2D eigenvalue weighted by Gasteiger charge is -2.17. The van der Waals surface area contributed by atoms with Crippen LogP contribution in [0.25, 0.3) is 0 Å². The maximum absolute atomic E-state index is 13.2. The molecule has 2 amide bonds. The zero-order valence-electron chi connectivity index (χ0n) is 9.93. The Morgan fingerprint density at radius 1 is 1.37 bits per heavy atom. The molecule has 0 fully saturated rings. The standard InChI is InChI=1S/C12H12FN3O3/c13-7-3-1-2-4-8(7)19-6-5-9-15-11(17)10(14)12(18)16-9/h1-4,10H,5-6,14H2,(H,15,16,17,18). The molecule has 0 radical (unpaired) electrons. The molecule has 1 aliphatic rings. The average Bonchev–Trinajstić information content (AvgIpc) is 2.38. The molecule has 1 aliphatic heterocycles. The van der Waals surface area contributed by atoms with E-state index in [0.717, 1.165) is 0 Å². The minimum absolute atomic E-state index is 0.0859. The highest BCUT2D eigenvalue weighted by Crippen LogP contribution is 2.15. The Balaban J connectivity index is 1.90. The van der Waals surface area contributed by atoms with Gasteiger partial charge in [-0.2, -0.15) is 4.99 Å². The molecule has 19 heavy (non-hydrogen) atoms. The zero-order chi connectivity index (χ0) is 13.8. The van der Waals surface area contributed by atoms with Gasteiger partial charge in [0, 0.05) is 6.42 Å². The van der Waals surface area contributed by atoms with E-state index in [1.54, 1.807) is 12.1 Å². The summed E-state index contributed by atoms with van der Waals surface area (Å²) in [7, 11) is 0. The third kappa shape index (κ3) is 3.14. The van der Waals surface area contributed by atoms with E-state index >= 15 is 0 Å². The van der Waals surface area contributed by atoms with Gasteiger partial charge in [0.25, 0.3) is 11.8 Å². The molecule has 0 saturated heterocycles. The third-order valence-electron chi connectivity index (χ3n) is 2.49. The lowest BCUT2D eigenvalue weighted by molar-refractivity contribution is -0.129. The number of hydrogen-bond acceptors (Lipinski definition) is 4. The highest BCUT2D eigenvalue weighted by molar-refractivity contribution is 6.18. The molecular formula is C12H12FN3O3. The molecular weight excluding hydrogens is 253 g/mol. The van der Waals surface area contributed by atoms with Crippen molar-refractivity contribution in [2.24, 2.45) is 10.7 Å². The van der Waals surface area contributed by atoms with E-state index in [-0.39, 0.29) is 24.6 Å². The fourth-order valence-electron chi connectivity index (χ4n) is 1.50. The van der Waals surface area contributed by atoms with Crippen LogP contribution in [-0.2, 0) is 9.59 Å². The molecule has 1 atom stereocenters. The lowest BCUT2D eigenvalue weighted by atomic mass is 10.2. The Bertz CT molecular complexity index is 545. The normalized spacial score (nSPS) is 18.8. The van der Waals surface area contributed by atoms with Crippen LogP contribution in [0.4, 0.5) is 4.39 Å². The van der Waals surface area contributed by atoms with Crippen molar-refractivity contribution in [2.75, 3.05) is 6.61 Å². The number of amidine groups is 1. The first-order valence-electron chi connectivity index (χ1n) is 5.63. The summed E-state index contributed by atoms with van der Waals surface area (Å²) >= 11 is 0. The highest BCUT2D eigenvalue weighted by atomic mass is 19.1. The van der Waals surface area contributed by atoms with Gasteiger partial charge in [-0.1, -0.05) is 12.1 Å². The molecule has 2 rings (SSSR count). The summed E-state index contributed by atoms with van der Waals surface area (Å²) < 4.78 is 18.4. The van der Waals surface area contributed by atoms with Crippen molar-refractivity contribution in [1.29, 1.82) is 0 Å². The Labute approximate surface area is 108 Å². The first-order chi connectivity index (χ1) is 9.08. The van der Waals surface area contributed by atoms with Gasteiger partial charge in [0.2, 0.25) is 0 Å². The quantitative estimate of drug-likeness (QED) is 0.748. The van der Waals surface area contributed by atoms with Crippen LogP contribution in [0.1, 0.15) is 6.42 Å². The second-order valence-corrected chi connectivity index (χ2v) is 3.89. The van der Waals surface area contributed by atoms with Gasteiger partial charge in [0.05, 0.1) is 6.61 Å². The van der Waals surface area contributed by atoms with E-state index in [0.29, 0.717) is 0 Å². The summed E-state index contributed by atoms with van der Waals surface area (Å²) in [6, 6.07) is 4.69. The maximum Gasteiger partial charge on any atom is 0.273 e. The van der Waals surface area contributed by atoms with Crippen LogP contribution in [0.15, 0.2) is 29.3 Å². The number of nitrogens with one attached hydrogen (secondary N) is 1. The van der Waals surface area contributed by atoms with Crippen molar-refractivity contribution in [3.8, 4) is 5.75 Å². The monoisotopic (exact) mass is 265 g/mol. The van der Waals surface area contributed by atoms with Gasteiger partial charge in [-0.3, -0.25) is 9.59 Å². The van der Waals surface area contributed by atoms with Crippen LogP contribution in [0.3, 0.4) is 0 Å². The number of rotatable bonds is 4. The van der Waals surface area contributed by atoms with Crippen molar-refractivity contribution in [3.63, 3.8) is 0 Å². The molecule has 0 saturated carbocycles. The fourth-order valence-corrected chi connectivity index (χ4v) is 1.50. The Morgan fingerprint density at radius 2 is 2.11 bits per heavy atom. The lowest BCUT2D eigenvalue weighted by Crippen LogP contribution is -2.52. The molecule has 0 bridgehead atoms. The van der Waals surface area contributed by atoms with Gasteiger partial charge in [0.1, 0.15) is 5.84 Å². The SMILES string of the molecule is NC1C(=O)N=C(CCOc2ccccc2F)NC1=O. The molecule has 100 valence electrons. The van der Waals surface area contributed by atoms with Crippen LogP contribution in [0.5, 0.6) is 5.75 Å². The molecule has 0 spiro atoms. The van der Waals surface area contributed by atoms with Gasteiger partial charge in [0.15, 0.2) is 17.6 Å². The molecule has 1 unspecified atom stereocenters. The van der Waals surface area contributed by atoms with E-state index < -0.39 is 23.7 Å². The summed E-state index contributed by atoms with van der Waals surface area (Å²) in [5.41, 5.74) is 5.27. The van der Waals surface area contributed by atoms with Crippen LogP contribution in [0, 0.1) is 5.82 Å². The van der Waals surface area contributed by atoms with Crippen LogP contribution in [0.2, 0.25) is 0 Å². The summed E-state index contributed by atoms with van der Waals surface area (Å²) in [6.45, 7) is 0.0859. The number of nitrogens with two attached hydrogens (primary N) is 1. The van der Waals surface area contributed by atoms with Crippen molar-refractivity contribution in [1.82, 2.24) is 5.32 Å². The van der Waals surface area contributed by atoms with Gasteiger partial charge in [-0.05, 0) is 12.1 Å². The molecule has 3 N–H and O–H groups in total. The number of aliphatic imine (C=N–C) groups is 1. The number of benzene rings is 1. The van der Waals surface area contributed by atoms with E-state index in [9.17, 15) is 14.0 Å². The van der Waals surface area contributed by atoms with Gasteiger partial charge in [-0.15, -0.1) is 0 Å². The maximum atomic E-state index is 13.2. The number of nitrogens with zero attached hydrogens (tertiary/aromatic N) is 1. The minimum Gasteiger partial charge on any atom is -0.490 e. The smallest absolute Gasteiger partial charge is 0.273 e. The van der Waals surface area contributed by atoms with Gasteiger partial charge < -0.3 is 15.8 Å². The van der Waals surface area contributed by atoms with Crippen LogP contribution >= 0.6 is 0 Å². The molecule has 7 heteroatoms. The fraction of sp³-hybridized carbons (Fsp3) is 0.250. The number of hydrogen-bond donors (Lipinski definition) is 2. The number of ether oxygens (including phenoxy) is 1. The van der Waals surface area contributed by atoms with Crippen molar-refractivity contribution < 1.29 is 18.7 Å². The van der Waals surface area contributed by atoms with E-state index in [2.05, 4.69) is 10.3 Å². The molecule has 1 aromatic rings. The number of para-hydroxylation sites is 1. The van der Waals surface area contributed by atoms with E-state index in [1.807, 2.05) is 0 Å². The molecule has 1 heterocycles. The summed E-state index contributed by atoms with van der Waals surface area (Å²) in [5.74, 6) is -1.48. The first kappa shape index (κ1) is 13.2. The van der Waals surface area contributed by atoms with Crippen LogP contribution in [-0.4, -0.2) is 30.3 Å². The molecule has 1 aromatic carbocycles. The summed E-state index contributed by atoms with van der Waals surface area (Å²) in [6.07, 6.45) is 0.179. The number of carbonyl (C=O) groups is 2. The summed E-state index contributed by atoms with van der Waals surface area (Å²) in [5, 5.41) is 2.39.